The summed E-state index contributed by atoms with van der Waals surface area (Å²) in [6.45, 7) is 2.29. The molecule has 0 bridgehead atoms. The second-order valence-corrected chi connectivity index (χ2v) is 7.89. The zero-order valence-electron chi connectivity index (χ0n) is 18.1. The molecule has 1 heterocycles. The van der Waals surface area contributed by atoms with Crippen LogP contribution < -0.4 is 5.32 Å². The fraction of sp³-hybridized carbons (Fsp3) is 0.375. The number of benzene rings is 2. The van der Waals surface area contributed by atoms with Gasteiger partial charge in [-0.15, -0.1) is 0 Å². The van der Waals surface area contributed by atoms with Crippen LogP contribution in [0.4, 0.5) is 4.79 Å². The first-order chi connectivity index (χ1) is 14.9. The Morgan fingerprint density at radius 2 is 1.68 bits per heavy atom. The molecule has 1 saturated heterocycles. The molecular formula is C24H28N4O3. The van der Waals surface area contributed by atoms with Crippen molar-refractivity contribution < 1.29 is 14.7 Å². The molecule has 7 heteroatoms. The van der Waals surface area contributed by atoms with Crippen LogP contribution in [0.1, 0.15) is 35.2 Å². The third-order valence-electron chi connectivity index (χ3n) is 5.66. The summed E-state index contributed by atoms with van der Waals surface area (Å²) in [6, 6.07) is 16.1. The van der Waals surface area contributed by atoms with Crippen molar-refractivity contribution >= 4 is 11.9 Å². The van der Waals surface area contributed by atoms with Crippen LogP contribution in [0.2, 0.25) is 0 Å². The number of nitriles is 1. The summed E-state index contributed by atoms with van der Waals surface area (Å²) in [5, 5.41) is 22.3. The predicted molar refractivity (Wildman–Crippen MR) is 118 cm³/mol. The molecule has 2 aromatic rings. The number of hydrogen-bond acceptors (Lipinski definition) is 4. The maximum atomic E-state index is 12.4. The van der Waals surface area contributed by atoms with Crippen molar-refractivity contribution in [2.75, 3.05) is 27.2 Å². The van der Waals surface area contributed by atoms with Crippen molar-refractivity contribution in [3.8, 4) is 17.2 Å². The third-order valence-corrected chi connectivity index (χ3v) is 5.66. The zero-order valence-corrected chi connectivity index (χ0v) is 18.1. The smallest absolute Gasteiger partial charge is 0.318 e. The van der Waals surface area contributed by atoms with Crippen molar-refractivity contribution in [3.05, 3.63) is 59.7 Å². The molecule has 2 N–H and O–H groups in total. The van der Waals surface area contributed by atoms with Gasteiger partial charge in [0.25, 0.3) is 5.91 Å². The van der Waals surface area contributed by atoms with E-state index in [0.29, 0.717) is 12.1 Å². The van der Waals surface area contributed by atoms with Crippen LogP contribution in [-0.4, -0.2) is 66.2 Å². The van der Waals surface area contributed by atoms with E-state index in [9.17, 15) is 20.0 Å². The van der Waals surface area contributed by atoms with Gasteiger partial charge in [-0.05, 0) is 35.2 Å². The van der Waals surface area contributed by atoms with E-state index in [0.717, 1.165) is 23.1 Å². The molecule has 1 aliphatic heterocycles. The van der Waals surface area contributed by atoms with Gasteiger partial charge in [0.2, 0.25) is 0 Å². The quantitative estimate of drug-likeness (QED) is 0.751. The fourth-order valence-corrected chi connectivity index (χ4v) is 3.97. The first-order valence-electron chi connectivity index (χ1n) is 10.4. The van der Waals surface area contributed by atoms with Crippen molar-refractivity contribution in [2.24, 2.45) is 0 Å². The molecule has 0 radical (unpaired) electrons. The van der Waals surface area contributed by atoms with Gasteiger partial charge in [-0.1, -0.05) is 43.3 Å². The van der Waals surface area contributed by atoms with Crippen LogP contribution in [0, 0.1) is 11.3 Å². The summed E-state index contributed by atoms with van der Waals surface area (Å²) in [5.74, 6) is -0.284. The topological polar surface area (TPSA) is 96.7 Å². The van der Waals surface area contributed by atoms with Crippen molar-refractivity contribution in [1.82, 2.24) is 15.1 Å². The third kappa shape index (κ3) is 4.39. The van der Waals surface area contributed by atoms with Crippen molar-refractivity contribution in [2.45, 2.75) is 31.3 Å². The minimum Gasteiger partial charge on any atom is -0.394 e. The monoisotopic (exact) mass is 420 g/mol. The van der Waals surface area contributed by atoms with Gasteiger partial charge in [0, 0.05) is 32.1 Å². The number of amides is 3. The van der Waals surface area contributed by atoms with Gasteiger partial charge in [-0.2, -0.15) is 5.26 Å². The average Bonchev–Trinajstić information content (AvgIpc) is 2.77. The van der Waals surface area contributed by atoms with Gasteiger partial charge in [0.15, 0.2) is 0 Å². The average molecular weight is 421 g/mol. The Bertz CT molecular complexity index is 964. The molecule has 162 valence electrons. The molecule has 1 fully saturated rings. The van der Waals surface area contributed by atoms with Crippen molar-refractivity contribution in [3.63, 3.8) is 0 Å². The van der Waals surface area contributed by atoms with E-state index in [2.05, 4.69) is 11.4 Å². The van der Waals surface area contributed by atoms with Crippen LogP contribution in [0.25, 0.3) is 11.1 Å². The van der Waals surface area contributed by atoms with Crippen LogP contribution in [0.15, 0.2) is 48.5 Å². The Balaban J connectivity index is 1.77. The maximum Gasteiger partial charge on any atom is 0.318 e. The number of carbonyl (C=O) groups excluding carboxylic acids is 2. The molecule has 0 unspecified atom stereocenters. The first-order valence-corrected chi connectivity index (χ1v) is 10.4. The minimum atomic E-state index is -0.615. The molecule has 0 aliphatic carbocycles. The fourth-order valence-electron chi connectivity index (χ4n) is 3.97. The SMILES string of the molecule is CCCNC(=O)N1[C@@H](C#N)[C@@H](c2ccc(-c3ccc(C(=O)N(C)C)cc3)cc2)[C@@H]1CO. The Kier molecular flexibility index (Phi) is 6.93. The van der Waals surface area contributed by atoms with Gasteiger partial charge < -0.3 is 20.2 Å². The Hall–Kier alpha value is -3.37. The van der Waals surface area contributed by atoms with E-state index in [1.165, 1.54) is 9.80 Å². The number of urea groups is 1. The number of likely N-dealkylation sites (tertiary alicyclic amines) is 1. The number of aliphatic hydroxyl groups excluding tert-OH is 1. The highest BCUT2D eigenvalue weighted by molar-refractivity contribution is 5.94. The maximum absolute atomic E-state index is 12.4. The summed E-state index contributed by atoms with van der Waals surface area (Å²) < 4.78 is 0. The van der Waals surface area contributed by atoms with Gasteiger partial charge >= 0.3 is 6.03 Å². The second kappa shape index (κ2) is 9.63. The van der Waals surface area contributed by atoms with Crippen molar-refractivity contribution in [1.29, 1.82) is 5.26 Å². The van der Waals surface area contributed by atoms with Gasteiger partial charge in [-0.3, -0.25) is 4.79 Å². The summed E-state index contributed by atoms with van der Waals surface area (Å²) in [7, 11) is 3.44. The number of nitrogens with zero attached hydrogens (tertiary/aromatic N) is 3. The number of carbonyl (C=O) groups is 2. The summed E-state index contributed by atoms with van der Waals surface area (Å²) >= 11 is 0. The lowest BCUT2D eigenvalue weighted by Crippen LogP contribution is -2.67. The standard InChI is InChI=1S/C24H28N4O3/c1-4-13-26-24(31)28-20(14-25)22(21(28)15-29)18-9-5-16(6-10-18)17-7-11-19(12-8-17)23(30)27(2)3/h5-12,20-22,29H,4,13,15H2,1-3H3,(H,26,31)/t20-,21-,22+/m0/s1. The minimum absolute atomic E-state index is 0.0444. The van der Waals surface area contributed by atoms with E-state index < -0.39 is 12.1 Å². The predicted octanol–water partition coefficient (Wildman–Crippen LogP) is 2.83. The molecule has 0 spiro atoms. The highest BCUT2D eigenvalue weighted by atomic mass is 16.3. The normalized spacial score (nSPS) is 19.8. The number of hydrogen-bond donors (Lipinski definition) is 2. The number of aliphatic hydroxyl groups is 1. The summed E-state index contributed by atoms with van der Waals surface area (Å²) in [4.78, 5) is 27.4. The Morgan fingerprint density at radius 1 is 1.10 bits per heavy atom. The molecule has 7 nitrogen and oxygen atoms in total. The van der Waals surface area contributed by atoms with Crippen LogP contribution in [-0.2, 0) is 0 Å². The molecule has 1 aliphatic rings. The van der Waals surface area contributed by atoms with E-state index in [1.807, 2.05) is 43.3 Å². The lowest BCUT2D eigenvalue weighted by atomic mass is 9.76. The summed E-state index contributed by atoms with van der Waals surface area (Å²) in [6.07, 6.45) is 0.801. The summed E-state index contributed by atoms with van der Waals surface area (Å²) in [5.41, 5.74) is 3.50. The van der Waals surface area contributed by atoms with E-state index in [1.54, 1.807) is 26.2 Å². The van der Waals surface area contributed by atoms with Gasteiger partial charge in [0.1, 0.15) is 6.04 Å². The highest BCUT2D eigenvalue weighted by Gasteiger charge is 2.51. The molecule has 2 aromatic carbocycles. The van der Waals surface area contributed by atoms with Crippen LogP contribution in [0.5, 0.6) is 0 Å². The zero-order chi connectivity index (χ0) is 22.5. The Labute approximate surface area is 182 Å². The number of nitrogens with one attached hydrogen (secondary N) is 1. The molecular weight excluding hydrogens is 392 g/mol. The molecule has 0 saturated carbocycles. The lowest BCUT2D eigenvalue weighted by molar-refractivity contribution is 0.0169. The Morgan fingerprint density at radius 3 is 2.16 bits per heavy atom. The van der Waals surface area contributed by atoms with Gasteiger partial charge in [0.05, 0.1) is 18.7 Å². The van der Waals surface area contributed by atoms with E-state index >= 15 is 0 Å². The van der Waals surface area contributed by atoms with E-state index in [4.69, 9.17) is 0 Å². The molecule has 3 rings (SSSR count). The lowest BCUT2D eigenvalue weighted by Gasteiger charge is -2.51. The van der Waals surface area contributed by atoms with Crippen LogP contribution in [0.3, 0.4) is 0 Å². The molecule has 3 atom stereocenters. The van der Waals surface area contributed by atoms with Gasteiger partial charge in [-0.25, -0.2) is 4.79 Å². The molecule has 0 aromatic heterocycles. The largest absolute Gasteiger partial charge is 0.394 e. The van der Waals surface area contributed by atoms with E-state index in [-0.39, 0.29) is 24.5 Å². The molecule has 31 heavy (non-hydrogen) atoms. The molecule has 3 amide bonds. The van der Waals surface area contributed by atoms with Crippen LogP contribution >= 0.6 is 0 Å². The second-order valence-electron chi connectivity index (χ2n) is 7.89. The number of rotatable bonds is 6. The first kappa shape index (κ1) is 22.3. The highest BCUT2D eigenvalue weighted by Crippen LogP contribution is 2.40.